The molecule has 0 atom stereocenters. The lowest BCUT2D eigenvalue weighted by atomic mass is 9.98. The number of rotatable bonds is 5. The number of aliphatic imine (C=N–C) groups is 1. The number of aromatic nitrogens is 2. The maximum Gasteiger partial charge on any atom is 0.416 e. The molecule has 2 heterocycles. The molecule has 0 amide bonds. The average Bonchev–Trinajstić information content (AvgIpc) is 3.31. The largest absolute Gasteiger partial charge is 0.461 e. The zero-order chi connectivity index (χ0) is 27.9. The summed E-state index contributed by atoms with van der Waals surface area (Å²) >= 11 is 0. The van der Waals surface area contributed by atoms with Gasteiger partial charge in [0.05, 0.1) is 24.3 Å². The van der Waals surface area contributed by atoms with Crippen molar-refractivity contribution in [3.05, 3.63) is 82.9 Å². The smallest absolute Gasteiger partial charge is 0.416 e. The molecular formula is C27H18F6N4O2. The van der Waals surface area contributed by atoms with Crippen molar-refractivity contribution in [2.45, 2.75) is 25.8 Å². The van der Waals surface area contributed by atoms with Gasteiger partial charge in [0.15, 0.2) is 11.5 Å². The summed E-state index contributed by atoms with van der Waals surface area (Å²) in [6, 6.07) is 13.2. The Hall–Kier alpha value is -4.48. The van der Waals surface area contributed by atoms with Crippen LogP contribution in [0.1, 0.15) is 29.2 Å². The number of hydrogen-bond donors (Lipinski definition) is 1. The van der Waals surface area contributed by atoms with Gasteiger partial charge in [-0.15, -0.1) is 10.2 Å². The van der Waals surface area contributed by atoms with Gasteiger partial charge >= 0.3 is 18.3 Å². The predicted molar refractivity (Wildman–Crippen MR) is 132 cm³/mol. The topological polar surface area (TPSA) is 76.5 Å². The van der Waals surface area contributed by atoms with Crippen molar-refractivity contribution >= 4 is 34.0 Å². The summed E-state index contributed by atoms with van der Waals surface area (Å²) < 4.78 is 84.9. The van der Waals surface area contributed by atoms with E-state index in [9.17, 15) is 31.1 Å². The van der Waals surface area contributed by atoms with Crippen molar-refractivity contribution in [2.24, 2.45) is 4.99 Å². The van der Waals surface area contributed by atoms with Crippen molar-refractivity contribution < 1.29 is 35.9 Å². The summed E-state index contributed by atoms with van der Waals surface area (Å²) in [4.78, 5) is 16.4. The quantitative estimate of drug-likeness (QED) is 0.218. The predicted octanol–water partition coefficient (Wildman–Crippen LogP) is 6.94. The van der Waals surface area contributed by atoms with Crippen LogP contribution in [-0.4, -0.2) is 28.5 Å². The number of benzene rings is 3. The number of hydrogen-bond acceptors (Lipinski definition) is 6. The normalized spacial score (nSPS) is 13.3. The molecule has 5 rings (SSSR count). The summed E-state index contributed by atoms with van der Waals surface area (Å²) in [5.74, 6) is -0.538. The highest BCUT2D eigenvalue weighted by atomic mass is 19.4. The molecule has 0 spiro atoms. The van der Waals surface area contributed by atoms with E-state index < -0.39 is 35.1 Å². The van der Waals surface area contributed by atoms with Crippen molar-refractivity contribution in [1.29, 1.82) is 0 Å². The Bertz CT molecular complexity index is 1600. The molecule has 0 saturated heterocycles. The van der Waals surface area contributed by atoms with Crippen LogP contribution in [-0.2, 0) is 28.4 Å². The Morgan fingerprint density at radius 3 is 2.21 bits per heavy atom. The monoisotopic (exact) mass is 544 g/mol. The number of halogens is 6. The van der Waals surface area contributed by atoms with E-state index in [0.717, 1.165) is 5.56 Å². The SMILES string of the molecule is CCOC(=O)C1=NCc2cc(-c3nnc(Nc4cc(C(F)(F)F)cc(C(F)(F)F)c4)c4ccccc34)ccc21. The molecule has 1 aliphatic rings. The molecule has 0 bridgehead atoms. The van der Waals surface area contributed by atoms with Crippen LogP contribution in [0, 0.1) is 0 Å². The lowest BCUT2D eigenvalue weighted by Gasteiger charge is -2.16. The zero-order valence-electron chi connectivity index (χ0n) is 20.1. The minimum absolute atomic E-state index is 0.0177. The fourth-order valence-corrected chi connectivity index (χ4v) is 4.30. The molecule has 1 aromatic heterocycles. The second kappa shape index (κ2) is 9.68. The first-order valence-corrected chi connectivity index (χ1v) is 11.6. The van der Waals surface area contributed by atoms with Gasteiger partial charge in [-0.3, -0.25) is 4.99 Å². The van der Waals surface area contributed by atoms with E-state index in [1.807, 2.05) is 0 Å². The van der Waals surface area contributed by atoms with E-state index in [2.05, 4.69) is 20.5 Å². The number of alkyl halides is 6. The maximum atomic E-state index is 13.3. The van der Waals surface area contributed by atoms with Crippen LogP contribution in [0.2, 0.25) is 0 Å². The van der Waals surface area contributed by atoms with E-state index in [1.165, 1.54) is 0 Å². The zero-order valence-corrected chi connectivity index (χ0v) is 20.1. The lowest BCUT2D eigenvalue weighted by Crippen LogP contribution is -2.17. The Morgan fingerprint density at radius 2 is 1.56 bits per heavy atom. The number of esters is 1. The van der Waals surface area contributed by atoms with Crippen LogP contribution in [0.5, 0.6) is 0 Å². The Labute approximate surface area is 217 Å². The molecule has 12 heteroatoms. The second-order valence-corrected chi connectivity index (χ2v) is 8.62. The molecule has 0 fully saturated rings. The van der Waals surface area contributed by atoms with Gasteiger partial charge < -0.3 is 10.1 Å². The molecule has 200 valence electrons. The van der Waals surface area contributed by atoms with Gasteiger partial charge in [-0.25, -0.2) is 4.79 Å². The van der Waals surface area contributed by atoms with E-state index in [-0.39, 0.29) is 30.7 Å². The van der Waals surface area contributed by atoms with E-state index in [0.29, 0.717) is 39.7 Å². The fraction of sp³-hybridized carbons (Fsp3) is 0.185. The lowest BCUT2D eigenvalue weighted by molar-refractivity contribution is -0.143. The minimum Gasteiger partial charge on any atom is -0.461 e. The first kappa shape index (κ1) is 26.1. The van der Waals surface area contributed by atoms with Crippen molar-refractivity contribution in [3.63, 3.8) is 0 Å². The number of nitrogens with one attached hydrogen (secondary N) is 1. The number of nitrogens with zero attached hydrogens (tertiary/aromatic N) is 3. The van der Waals surface area contributed by atoms with E-state index >= 15 is 0 Å². The molecule has 0 unspecified atom stereocenters. The Balaban J connectivity index is 1.54. The minimum atomic E-state index is -4.99. The van der Waals surface area contributed by atoms with Crippen LogP contribution in [0.25, 0.3) is 22.0 Å². The van der Waals surface area contributed by atoms with Gasteiger partial charge in [-0.05, 0) is 36.8 Å². The fourth-order valence-electron chi connectivity index (χ4n) is 4.30. The van der Waals surface area contributed by atoms with Gasteiger partial charge in [0.25, 0.3) is 0 Å². The first-order chi connectivity index (χ1) is 18.5. The summed E-state index contributed by atoms with van der Waals surface area (Å²) in [7, 11) is 0. The molecule has 0 aliphatic carbocycles. The number of carbonyl (C=O) groups excluding carboxylic acids is 1. The number of fused-ring (bicyclic) bond motifs is 2. The van der Waals surface area contributed by atoms with Crippen LogP contribution < -0.4 is 5.32 Å². The van der Waals surface area contributed by atoms with Crippen molar-refractivity contribution in [3.8, 4) is 11.3 Å². The molecule has 6 nitrogen and oxygen atoms in total. The molecule has 3 aromatic carbocycles. The van der Waals surface area contributed by atoms with E-state index in [1.54, 1.807) is 49.4 Å². The van der Waals surface area contributed by atoms with Crippen molar-refractivity contribution in [2.75, 3.05) is 11.9 Å². The standard InChI is InChI=1S/C27H18F6N4O2/c1-2-39-25(38)23-19-8-7-14(9-15(19)13-34-23)22-20-5-3-4-6-21(20)24(37-36-22)35-18-11-16(26(28,29)30)10-17(12-18)27(31,32)33/h3-12H,2,13H2,1H3,(H,35,37). The third kappa shape index (κ3) is 5.14. The summed E-state index contributed by atoms with van der Waals surface area (Å²) in [5, 5.41) is 11.9. The molecule has 39 heavy (non-hydrogen) atoms. The Kier molecular flexibility index (Phi) is 6.49. The molecule has 4 aromatic rings. The molecule has 0 radical (unpaired) electrons. The van der Waals surface area contributed by atoms with Crippen molar-refractivity contribution in [1.82, 2.24) is 10.2 Å². The first-order valence-electron chi connectivity index (χ1n) is 11.6. The van der Waals surface area contributed by atoms with Gasteiger partial charge in [0.1, 0.15) is 5.69 Å². The number of anilines is 2. The third-order valence-corrected chi connectivity index (χ3v) is 6.05. The maximum absolute atomic E-state index is 13.3. The molecule has 1 N–H and O–H groups in total. The van der Waals surface area contributed by atoms with Gasteiger partial charge in [-0.1, -0.05) is 36.4 Å². The molecule has 0 saturated carbocycles. The van der Waals surface area contributed by atoms with Gasteiger partial charge in [0, 0.05) is 27.6 Å². The number of ether oxygens (including phenoxy) is 1. The van der Waals surface area contributed by atoms with Gasteiger partial charge in [0.2, 0.25) is 0 Å². The highest BCUT2D eigenvalue weighted by Gasteiger charge is 2.37. The average molecular weight is 544 g/mol. The van der Waals surface area contributed by atoms with Crippen LogP contribution in [0.4, 0.5) is 37.8 Å². The van der Waals surface area contributed by atoms with Crippen LogP contribution >= 0.6 is 0 Å². The Morgan fingerprint density at radius 1 is 0.897 bits per heavy atom. The molecule has 1 aliphatic heterocycles. The van der Waals surface area contributed by atoms with Crippen LogP contribution in [0.15, 0.2) is 65.7 Å². The van der Waals surface area contributed by atoms with E-state index in [4.69, 9.17) is 4.74 Å². The highest BCUT2D eigenvalue weighted by molar-refractivity contribution is 6.44. The summed E-state index contributed by atoms with van der Waals surface area (Å²) in [6.07, 6.45) is -9.97. The number of carbonyl (C=O) groups is 1. The second-order valence-electron chi connectivity index (χ2n) is 8.62. The molecular weight excluding hydrogens is 526 g/mol. The van der Waals surface area contributed by atoms with Crippen LogP contribution in [0.3, 0.4) is 0 Å². The highest BCUT2D eigenvalue weighted by Crippen LogP contribution is 2.39. The summed E-state index contributed by atoms with van der Waals surface area (Å²) in [5.41, 5.74) is -0.623. The third-order valence-electron chi connectivity index (χ3n) is 6.05. The van der Waals surface area contributed by atoms with Gasteiger partial charge in [-0.2, -0.15) is 26.3 Å². The summed E-state index contributed by atoms with van der Waals surface area (Å²) in [6.45, 7) is 2.17.